The first kappa shape index (κ1) is 9.93. The summed E-state index contributed by atoms with van der Waals surface area (Å²) in [6.45, 7) is 4.31. The highest BCUT2D eigenvalue weighted by atomic mass is 33.1. The highest BCUT2D eigenvalue weighted by Crippen LogP contribution is 2.38. The lowest BCUT2D eigenvalue weighted by atomic mass is 10.0. The highest BCUT2D eigenvalue weighted by molar-refractivity contribution is 8.68. The summed E-state index contributed by atoms with van der Waals surface area (Å²) in [7, 11) is 1.55. The molecular formula is C10H12N2S2. The number of H-pyrrole nitrogens is 1. The van der Waals surface area contributed by atoms with Gasteiger partial charge in [0.2, 0.25) is 0 Å². The van der Waals surface area contributed by atoms with E-state index in [0.717, 1.165) is 10.9 Å². The quantitative estimate of drug-likeness (QED) is 0.605. The largest absolute Gasteiger partial charge is 0.278 e. The molecule has 1 heterocycles. The molecule has 0 fully saturated rings. The Morgan fingerprint density at radius 2 is 2.21 bits per heavy atom. The number of thiol groups is 1. The van der Waals surface area contributed by atoms with Crippen molar-refractivity contribution in [3.05, 3.63) is 30.0 Å². The minimum absolute atomic E-state index is 0.0302. The lowest BCUT2D eigenvalue weighted by molar-refractivity contribution is 0.791. The smallest absolute Gasteiger partial charge is 0.0653 e. The van der Waals surface area contributed by atoms with Crippen molar-refractivity contribution in [1.29, 1.82) is 0 Å². The Hall–Kier alpha value is -0.610. The normalized spacial score (nSPS) is 12.2. The molecule has 0 aliphatic carbocycles. The van der Waals surface area contributed by atoms with Crippen LogP contribution in [0.4, 0.5) is 0 Å². The van der Waals surface area contributed by atoms with Crippen LogP contribution < -0.4 is 0 Å². The number of nitrogens with zero attached hydrogens (tertiary/aromatic N) is 1. The van der Waals surface area contributed by atoms with E-state index in [1.54, 1.807) is 10.8 Å². The van der Waals surface area contributed by atoms with Gasteiger partial charge in [0.1, 0.15) is 0 Å². The maximum Gasteiger partial charge on any atom is 0.0653 e. The van der Waals surface area contributed by atoms with Crippen molar-refractivity contribution in [2.24, 2.45) is 0 Å². The molecule has 0 saturated carbocycles. The molecule has 0 bridgehead atoms. The van der Waals surface area contributed by atoms with Crippen LogP contribution in [0.3, 0.4) is 0 Å². The van der Waals surface area contributed by atoms with Gasteiger partial charge in [-0.15, -0.1) is 11.7 Å². The van der Waals surface area contributed by atoms with Gasteiger partial charge in [-0.05, 0) is 25.5 Å². The molecule has 74 valence electrons. The van der Waals surface area contributed by atoms with Crippen LogP contribution in [-0.4, -0.2) is 10.2 Å². The molecule has 2 aromatic rings. The van der Waals surface area contributed by atoms with Gasteiger partial charge in [0.15, 0.2) is 0 Å². The van der Waals surface area contributed by atoms with Gasteiger partial charge in [-0.3, -0.25) is 5.10 Å². The Labute approximate surface area is 92.3 Å². The summed E-state index contributed by atoms with van der Waals surface area (Å²) in [6, 6.07) is 6.34. The molecule has 0 amide bonds. The van der Waals surface area contributed by atoms with Gasteiger partial charge < -0.3 is 0 Å². The Balaban J connectivity index is 2.53. The number of rotatable bonds is 2. The molecule has 1 aromatic heterocycles. The highest BCUT2D eigenvalue weighted by Gasteiger charge is 2.19. The molecule has 14 heavy (non-hydrogen) atoms. The van der Waals surface area contributed by atoms with E-state index < -0.39 is 0 Å². The van der Waals surface area contributed by atoms with Crippen molar-refractivity contribution in [3.8, 4) is 0 Å². The fourth-order valence-corrected chi connectivity index (χ4v) is 1.91. The SMILES string of the molecule is CC(C)(SS)c1ccc2cn[nH]c2c1. The average molecular weight is 224 g/mol. The van der Waals surface area contributed by atoms with Crippen molar-refractivity contribution in [2.75, 3.05) is 0 Å². The molecule has 4 heteroatoms. The number of hydrogen-bond acceptors (Lipinski definition) is 3. The van der Waals surface area contributed by atoms with E-state index in [4.69, 9.17) is 0 Å². The standard InChI is InChI=1S/C10H12N2S2/c1-10(2,14-13)8-4-3-7-6-11-12-9(7)5-8/h3-6,13H,1-2H3,(H,11,12). The van der Waals surface area contributed by atoms with Crippen molar-refractivity contribution in [3.63, 3.8) is 0 Å². The van der Waals surface area contributed by atoms with Crippen LogP contribution in [0.1, 0.15) is 19.4 Å². The fourth-order valence-electron chi connectivity index (χ4n) is 1.36. The van der Waals surface area contributed by atoms with Gasteiger partial charge in [0.05, 0.1) is 11.7 Å². The van der Waals surface area contributed by atoms with E-state index in [9.17, 15) is 0 Å². The minimum Gasteiger partial charge on any atom is -0.278 e. The zero-order chi connectivity index (χ0) is 10.2. The summed E-state index contributed by atoms with van der Waals surface area (Å²) in [6.07, 6.45) is 1.83. The maximum absolute atomic E-state index is 4.28. The lowest BCUT2D eigenvalue weighted by Crippen LogP contribution is -2.09. The molecule has 0 saturated heterocycles. The third-order valence-corrected chi connectivity index (χ3v) is 4.43. The molecule has 0 aliphatic heterocycles. The molecule has 0 unspecified atom stereocenters. The zero-order valence-corrected chi connectivity index (χ0v) is 9.82. The summed E-state index contributed by atoms with van der Waals surface area (Å²) in [5.74, 6) is 0. The number of aromatic nitrogens is 2. The van der Waals surface area contributed by atoms with Crippen molar-refractivity contribution < 1.29 is 0 Å². The maximum atomic E-state index is 4.28. The van der Waals surface area contributed by atoms with Crippen LogP contribution >= 0.6 is 22.5 Å². The van der Waals surface area contributed by atoms with E-state index in [-0.39, 0.29) is 4.75 Å². The van der Waals surface area contributed by atoms with E-state index in [0.29, 0.717) is 0 Å². The number of hydrogen-bond donors (Lipinski definition) is 2. The van der Waals surface area contributed by atoms with Gasteiger partial charge >= 0.3 is 0 Å². The second-order valence-corrected chi connectivity index (χ2v) is 5.52. The zero-order valence-electron chi connectivity index (χ0n) is 8.11. The molecule has 0 aliphatic rings. The van der Waals surface area contributed by atoms with E-state index in [2.05, 4.69) is 53.9 Å². The van der Waals surface area contributed by atoms with Crippen LogP contribution in [0.2, 0.25) is 0 Å². The first-order chi connectivity index (χ1) is 6.63. The van der Waals surface area contributed by atoms with Crippen LogP contribution in [-0.2, 0) is 4.75 Å². The topological polar surface area (TPSA) is 28.7 Å². The van der Waals surface area contributed by atoms with Gasteiger partial charge in [-0.1, -0.05) is 22.9 Å². The number of fused-ring (bicyclic) bond motifs is 1. The minimum atomic E-state index is 0.0302. The average Bonchev–Trinajstić information content (AvgIpc) is 2.64. The van der Waals surface area contributed by atoms with Crippen LogP contribution in [0.15, 0.2) is 24.4 Å². The van der Waals surface area contributed by atoms with Crippen LogP contribution in [0, 0.1) is 0 Å². The first-order valence-electron chi connectivity index (χ1n) is 4.40. The fraction of sp³-hybridized carbons (Fsp3) is 0.300. The van der Waals surface area contributed by atoms with E-state index >= 15 is 0 Å². The summed E-state index contributed by atoms with van der Waals surface area (Å²) in [5.41, 5.74) is 2.34. The van der Waals surface area contributed by atoms with Gasteiger partial charge in [-0.25, -0.2) is 0 Å². The molecule has 0 atom stereocenters. The van der Waals surface area contributed by atoms with E-state index in [1.165, 1.54) is 5.56 Å². The summed E-state index contributed by atoms with van der Waals surface area (Å²) >= 11 is 4.28. The summed E-state index contributed by atoms with van der Waals surface area (Å²) < 4.78 is 0.0302. The predicted molar refractivity (Wildman–Crippen MR) is 65.7 cm³/mol. The van der Waals surface area contributed by atoms with Crippen molar-refractivity contribution >= 4 is 33.4 Å². The molecule has 1 aromatic carbocycles. The molecule has 2 nitrogen and oxygen atoms in total. The van der Waals surface area contributed by atoms with Crippen LogP contribution in [0.5, 0.6) is 0 Å². The van der Waals surface area contributed by atoms with Gasteiger partial charge in [0.25, 0.3) is 0 Å². The molecule has 1 N–H and O–H groups in total. The molecule has 2 rings (SSSR count). The lowest BCUT2D eigenvalue weighted by Gasteiger charge is -2.21. The number of nitrogens with one attached hydrogen (secondary N) is 1. The van der Waals surface area contributed by atoms with Crippen LogP contribution in [0.25, 0.3) is 10.9 Å². The molecular weight excluding hydrogens is 212 g/mol. The predicted octanol–water partition coefficient (Wildman–Crippen LogP) is 3.38. The Kier molecular flexibility index (Phi) is 2.49. The molecule has 0 radical (unpaired) electrons. The Morgan fingerprint density at radius 1 is 1.43 bits per heavy atom. The second-order valence-electron chi connectivity index (χ2n) is 3.77. The second kappa shape index (κ2) is 3.51. The number of aromatic amines is 1. The molecule has 0 spiro atoms. The van der Waals surface area contributed by atoms with E-state index in [1.807, 2.05) is 6.20 Å². The number of benzene rings is 1. The Morgan fingerprint density at radius 3 is 2.93 bits per heavy atom. The van der Waals surface area contributed by atoms with Crippen molar-refractivity contribution in [1.82, 2.24) is 10.2 Å². The monoisotopic (exact) mass is 224 g/mol. The van der Waals surface area contributed by atoms with Gasteiger partial charge in [-0.2, -0.15) is 5.10 Å². The van der Waals surface area contributed by atoms with Gasteiger partial charge in [0, 0.05) is 10.1 Å². The summed E-state index contributed by atoms with van der Waals surface area (Å²) in [4.78, 5) is 0. The Bertz CT molecular complexity index is 448. The van der Waals surface area contributed by atoms with Crippen molar-refractivity contribution in [2.45, 2.75) is 18.6 Å². The summed E-state index contributed by atoms with van der Waals surface area (Å²) in [5, 5.41) is 8.12. The first-order valence-corrected chi connectivity index (χ1v) is 6.26. The third kappa shape index (κ3) is 1.64. The third-order valence-electron chi connectivity index (χ3n) is 2.37.